The van der Waals surface area contributed by atoms with E-state index in [1.165, 1.54) is 19.2 Å². The van der Waals surface area contributed by atoms with Gasteiger partial charge in [-0.05, 0) is 18.2 Å². The number of hydrogen-bond donors (Lipinski definition) is 1. The second-order valence-electron chi connectivity index (χ2n) is 3.17. The van der Waals surface area contributed by atoms with Gasteiger partial charge in [-0.15, -0.1) is 0 Å². The Morgan fingerprint density at radius 3 is 2.67 bits per heavy atom. The lowest BCUT2D eigenvalue weighted by Gasteiger charge is -2.05. The predicted molar refractivity (Wildman–Crippen MR) is 63.3 cm³/mol. The molecule has 1 aromatic carbocycles. The number of ether oxygens (including phenoxy) is 1. The maximum Gasteiger partial charge on any atom is 0.338 e. The molecule has 7 nitrogen and oxygen atoms in total. The minimum Gasteiger partial charge on any atom is -0.465 e. The molecule has 7 heteroatoms. The maximum atomic E-state index is 11.2. The second kappa shape index (κ2) is 5.58. The third-order valence-electron chi connectivity index (χ3n) is 2.06. The van der Waals surface area contributed by atoms with Crippen molar-refractivity contribution in [3.8, 4) is 0 Å². The molecule has 0 fully saturated rings. The van der Waals surface area contributed by atoms with Gasteiger partial charge in [-0.1, -0.05) is 6.58 Å². The van der Waals surface area contributed by atoms with E-state index >= 15 is 0 Å². The van der Waals surface area contributed by atoms with Crippen molar-refractivity contribution in [2.45, 2.75) is 0 Å². The van der Waals surface area contributed by atoms with Crippen molar-refractivity contribution >= 4 is 23.3 Å². The molecule has 0 spiro atoms. The lowest BCUT2D eigenvalue weighted by molar-refractivity contribution is -0.384. The highest BCUT2D eigenvalue weighted by Gasteiger charge is 2.18. The normalized spacial score (nSPS) is 9.39. The Balaban J connectivity index is 3.20. The van der Waals surface area contributed by atoms with Crippen LogP contribution >= 0.6 is 0 Å². The highest BCUT2D eigenvalue weighted by atomic mass is 16.6. The Hall–Kier alpha value is -2.70. The second-order valence-corrected chi connectivity index (χ2v) is 3.17. The number of hydrogen-bond acceptors (Lipinski definition) is 5. The van der Waals surface area contributed by atoms with E-state index in [2.05, 4.69) is 16.6 Å². The number of nitro benzene ring substituents is 1. The topological polar surface area (TPSA) is 98.5 Å². The fourth-order valence-electron chi connectivity index (χ4n) is 1.22. The molecule has 0 heterocycles. The van der Waals surface area contributed by atoms with Crippen LogP contribution in [0.2, 0.25) is 0 Å². The average molecular weight is 250 g/mol. The Bertz CT molecular complexity index is 524. The summed E-state index contributed by atoms with van der Waals surface area (Å²) in [6.07, 6.45) is 0.984. The average Bonchev–Trinajstić information content (AvgIpc) is 2.37. The number of rotatable bonds is 4. The van der Waals surface area contributed by atoms with Gasteiger partial charge in [-0.3, -0.25) is 14.9 Å². The van der Waals surface area contributed by atoms with Crippen molar-refractivity contribution in [2.24, 2.45) is 0 Å². The summed E-state index contributed by atoms with van der Waals surface area (Å²) in [4.78, 5) is 32.4. The van der Waals surface area contributed by atoms with Crippen LogP contribution in [-0.4, -0.2) is 23.9 Å². The van der Waals surface area contributed by atoms with E-state index in [4.69, 9.17) is 0 Å². The molecule has 0 aliphatic heterocycles. The van der Waals surface area contributed by atoms with Gasteiger partial charge in [0.05, 0.1) is 17.6 Å². The van der Waals surface area contributed by atoms with Crippen molar-refractivity contribution < 1.29 is 19.2 Å². The van der Waals surface area contributed by atoms with E-state index in [1.807, 2.05) is 0 Å². The van der Waals surface area contributed by atoms with Crippen LogP contribution in [-0.2, 0) is 9.53 Å². The standard InChI is InChI=1S/C11H10N2O5/c1-3-10(14)12-8-5-4-7(11(15)18-2)6-9(8)13(16)17/h3-6H,1H2,2H3,(H,12,14). The van der Waals surface area contributed by atoms with Crippen LogP contribution in [0.15, 0.2) is 30.9 Å². The molecule has 1 amide bonds. The van der Waals surface area contributed by atoms with E-state index < -0.39 is 22.5 Å². The fourth-order valence-corrected chi connectivity index (χ4v) is 1.22. The van der Waals surface area contributed by atoms with Gasteiger partial charge in [0.25, 0.3) is 5.69 Å². The summed E-state index contributed by atoms with van der Waals surface area (Å²) in [5.41, 5.74) is -0.383. The number of methoxy groups -OCH3 is 1. The van der Waals surface area contributed by atoms with Gasteiger partial charge in [-0.25, -0.2) is 4.79 Å². The van der Waals surface area contributed by atoms with Crippen molar-refractivity contribution in [2.75, 3.05) is 12.4 Å². The summed E-state index contributed by atoms with van der Waals surface area (Å²) in [6, 6.07) is 3.61. The van der Waals surface area contributed by atoms with E-state index in [9.17, 15) is 19.7 Å². The summed E-state index contributed by atoms with van der Waals surface area (Å²) >= 11 is 0. The van der Waals surface area contributed by atoms with Gasteiger partial charge < -0.3 is 10.1 Å². The molecule has 0 atom stereocenters. The highest BCUT2D eigenvalue weighted by molar-refractivity contribution is 6.01. The molecule has 0 aliphatic rings. The van der Waals surface area contributed by atoms with Crippen LogP contribution in [0.1, 0.15) is 10.4 Å². The first-order valence-corrected chi connectivity index (χ1v) is 4.79. The summed E-state index contributed by atoms with van der Waals surface area (Å²) in [5.74, 6) is -1.27. The lowest BCUT2D eigenvalue weighted by atomic mass is 10.1. The van der Waals surface area contributed by atoms with Gasteiger partial charge in [0.15, 0.2) is 0 Å². The predicted octanol–water partition coefficient (Wildman–Crippen LogP) is 1.51. The van der Waals surface area contributed by atoms with Crippen molar-refractivity contribution in [3.63, 3.8) is 0 Å². The van der Waals surface area contributed by atoms with Crippen molar-refractivity contribution in [1.82, 2.24) is 0 Å². The summed E-state index contributed by atoms with van der Waals surface area (Å²) in [7, 11) is 1.17. The number of amides is 1. The number of nitrogens with zero attached hydrogens (tertiary/aromatic N) is 1. The van der Waals surface area contributed by atoms with Gasteiger partial charge in [0, 0.05) is 6.07 Å². The fraction of sp³-hybridized carbons (Fsp3) is 0.0909. The number of esters is 1. The number of carbonyl (C=O) groups excluding carboxylic acids is 2. The summed E-state index contributed by atoms with van der Waals surface area (Å²) in [6.45, 7) is 3.23. The van der Waals surface area contributed by atoms with E-state index in [-0.39, 0.29) is 11.3 Å². The molecule has 1 N–H and O–H groups in total. The monoisotopic (exact) mass is 250 g/mol. The van der Waals surface area contributed by atoms with Gasteiger partial charge in [-0.2, -0.15) is 0 Å². The third kappa shape index (κ3) is 2.91. The number of anilines is 1. The van der Waals surface area contributed by atoms with E-state index in [0.29, 0.717) is 0 Å². The Labute approximate surface area is 102 Å². The quantitative estimate of drug-likeness (QED) is 0.378. The molecule has 0 saturated heterocycles. The summed E-state index contributed by atoms with van der Waals surface area (Å²) in [5, 5.41) is 13.1. The minimum atomic E-state index is -0.703. The molecule has 0 unspecified atom stereocenters. The molecule has 0 saturated carbocycles. The Morgan fingerprint density at radius 1 is 1.50 bits per heavy atom. The summed E-state index contributed by atoms with van der Waals surface area (Å²) < 4.78 is 4.45. The number of nitrogens with one attached hydrogen (secondary N) is 1. The largest absolute Gasteiger partial charge is 0.465 e. The Kier molecular flexibility index (Phi) is 4.14. The van der Waals surface area contributed by atoms with Gasteiger partial charge in [0.1, 0.15) is 5.69 Å². The molecule has 1 rings (SSSR count). The number of benzene rings is 1. The highest BCUT2D eigenvalue weighted by Crippen LogP contribution is 2.25. The van der Waals surface area contributed by atoms with Crippen LogP contribution in [0, 0.1) is 10.1 Å². The molecule has 18 heavy (non-hydrogen) atoms. The molecular formula is C11H10N2O5. The first-order valence-electron chi connectivity index (χ1n) is 4.79. The first-order chi connectivity index (χ1) is 8.49. The first kappa shape index (κ1) is 13.4. The molecule has 0 radical (unpaired) electrons. The third-order valence-corrected chi connectivity index (χ3v) is 2.06. The molecule has 0 aromatic heterocycles. The van der Waals surface area contributed by atoms with Crippen LogP contribution in [0.5, 0.6) is 0 Å². The zero-order chi connectivity index (χ0) is 13.7. The van der Waals surface area contributed by atoms with Crippen molar-refractivity contribution in [1.29, 1.82) is 0 Å². The Morgan fingerprint density at radius 2 is 2.17 bits per heavy atom. The number of carbonyl (C=O) groups is 2. The molecule has 0 aliphatic carbocycles. The molecule has 1 aromatic rings. The van der Waals surface area contributed by atoms with Crippen LogP contribution in [0.4, 0.5) is 11.4 Å². The van der Waals surface area contributed by atoms with Crippen LogP contribution in [0.3, 0.4) is 0 Å². The minimum absolute atomic E-state index is 0.0162. The molecular weight excluding hydrogens is 240 g/mol. The zero-order valence-electron chi connectivity index (χ0n) is 9.50. The zero-order valence-corrected chi connectivity index (χ0v) is 9.50. The van der Waals surface area contributed by atoms with Crippen LogP contribution < -0.4 is 5.32 Å². The smallest absolute Gasteiger partial charge is 0.338 e. The SMILES string of the molecule is C=CC(=O)Nc1ccc(C(=O)OC)cc1[N+](=O)[O-]. The van der Waals surface area contributed by atoms with Crippen LogP contribution in [0.25, 0.3) is 0 Å². The van der Waals surface area contributed by atoms with Crippen molar-refractivity contribution in [3.05, 3.63) is 46.5 Å². The van der Waals surface area contributed by atoms with E-state index in [1.54, 1.807) is 0 Å². The maximum absolute atomic E-state index is 11.2. The molecule has 0 bridgehead atoms. The van der Waals surface area contributed by atoms with Gasteiger partial charge in [0.2, 0.25) is 5.91 Å². The number of nitro groups is 1. The lowest BCUT2D eigenvalue weighted by Crippen LogP contribution is -2.10. The van der Waals surface area contributed by atoms with Gasteiger partial charge >= 0.3 is 5.97 Å². The molecule has 94 valence electrons. The van der Waals surface area contributed by atoms with E-state index in [0.717, 1.165) is 12.1 Å².